The molecule has 0 atom stereocenters. The molecule has 28 heavy (non-hydrogen) atoms. The van der Waals surface area contributed by atoms with Gasteiger partial charge in [0.05, 0.1) is 16.9 Å². The fourth-order valence-electron chi connectivity index (χ4n) is 4.61. The lowest BCUT2D eigenvalue weighted by molar-refractivity contribution is 0.969. The van der Waals surface area contributed by atoms with Gasteiger partial charge in [-0.15, -0.1) is 0 Å². The van der Waals surface area contributed by atoms with E-state index in [-0.39, 0.29) is 0 Å². The number of fused-ring (bicyclic) bond motifs is 8. The lowest BCUT2D eigenvalue weighted by Gasteiger charge is -2.23. The number of para-hydroxylation sites is 2. The number of hydrogen-bond acceptors (Lipinski definition) is 1. The molecule has 0 spiro atoms. The summed E-state index contributed by atoms with van der Waals surface area (Å²) in [5, 5.41) is 3.82. The predicted molar refractivity (Wildman–Crippen MR) is 119 cm³/mol. The van der Waals surface area contributed by atoms with Crippen molar-refractivity contribution in [1.29, 1.82) is 0 Å². The lowest BCUT2D eigenvalue weighted by atomic mass is 9.97. The van der Waals surface area contributed by atoms with E-state index in [2.05, 4.69) is 107 Å². The minimum Gasteiger partial charge on any atom is -0.327 e. The van der Waals surface area contributed by atoms with E-state index in [4.69, 9.17) is 0 Å². The Labute approximate surface area is 164 Å². The summed E-state index contributed by atoms with van der Waals surface area (Å²) in [6.45, 7) is 3.14. The van der Waals surface area contributed by atoms with Gasteiger partial charge in [-0.05, 0) is 48.0 Å². The fraction of sp³-hybridized carbons (Fsp3) is 0.0769. The molecule has 0 aliphatic carbocycles. The monoisotopic (exact) mass is 360 g/mol. The summed E-state index contributed by atoms with van der Waals surface area (Å²) in [7, 11) is 0. The summed E-state index contributed by atoms with van der Waals surface area (Å²) in [5.74, 6) is 1.23. The second kappa shape index (κ2) is 5.74. The first-order chi connectivity index (χ1) is 13.8. The van der Waals surface area contributed by atoms with Gasteiger partial charge in [0, 0.05) is 23.1 Å². The van der Waals surface area contributed by atoms with Crippen LogP contribution >= 0.6 is 0 Å². The third kappa shape index (κ3) is 2.03. The van der Waals surface area contributed by atoms with Gasteiger partial charge < -0.3 is 4.90 Å². The lowest BCUT2D eigenvalue weighted by Crippen LogP contribution is -2.18. The summed E-state index contributed by atoms with van der Waals surface area (Å²) in [6.07, 6.45) is 0. The van der Waals surface area contributed by atoms with Crippen molar-refractivity contribution in [2.75, 3.05) is 11.4 Å². The zero-order valence-electron chi connectivity index (χ0n) is 15.8. The second-order valence-electron chi connectivity index (χ2n) is 7.37. The molecular formula is C26H20N2. The van der Waals surface area contributed by atoms with E-state index in [1.165, 1.54) is 50.0 Å². The highest BCUT2D eigenvalue weighted by Crippen LogP contribution is 2.46. The SMILES string of the molecule is CCN1c2ccccc2-c2cc3ccccc3cc2-n2c1cc1ccccc12. The number of anilines is 2. The molecule has 0 saturated heterocycles. The van der Waals surface area contributed by atoms with E-state index in [9.17, 15) is 0 Å². The molecule has 0 unspecified atom stereocenters. The molecule has 0 saturated carbocycles. The fourth-order valence-corrected chi connectivity index (χ4v) is 4.61. The summed E-state index contributed by atoms with van der Waals surface area (Å²) in [6, 6.07) is 33.1. The first kappa shape index (κ1) is 15.5. The van der Waals surface area contributed by atoms with Crippen molar-refractivity contribution < 1.29 is 0 Å². The Morgan fingerprint density at radius 3 is 2.11 bits per heavy atom. The Morgan fingerprint density at radius 2 is 1.29 bits per heavy atom. The molecule has 1 aromatic heterocycles. The Kier molecular flexibility index (Phi) is 3.18. The molecule has 0 bridgehead atoms. The molecule has 1 aliphatic rings. The number of hydrogen-bond donors (Lipinski definition) is 0. The van der Waals surface area contributed by atoms with E-state index < -0.39 is 0 Å². The van der Waals surface area contributed by atoms with Gasteiger partial charge in [0.25, 0.3) is 0 Å². The van der Waals surface area contributed by atoms with E-state index in [0.717, 1.165) is 6.54 Å². The summed E-state index contributed by atoms with van der Waals surface area (Å²) >= 11 is 0. The largest absolute Gasteiger partial charge is 0.327 e. The van der Waals surface area contributed by atoms with Gasteiger partial charge in [0.15, 0.2) is 0 Å². The van der Waals surface area contributed by atoms with Crippen LogP contribution in [-0.4, -0.2) is 11.1 Å². The van der Waals surface area contributed by atoms with Crippen molar-refractivity contribution >= 4 is 33.2 Å². The summed E-state index contributed by atoms with van der Waals surface area (Å²) in [5.41, 5.74) is 6.34. The van der Waals surface area contributed by atoms with Gasteiger partial charge >= 0.3 is 0 Å². The third-order valence-electron chi connectivity index (χ3n) is 5.87. The average molecular weight is 360 g/mol. The topological polar surface area (TPSA) is 8.17 Å². The van der Waals surface area contributed by atoms with Crippen LogP contribution in [0.1, 0.15) is 6.92 Å². The van der Waals surface area contributed by atoms with Crippen LogP contribution in [0.3, 0.4) is 0 Å². The number of aromatic nitrogens is 1. The zero-order chi connectivity index (χ0) is 18.7. The van der Waals surface area contributed by atoms with Crippen molar-refractivity contribution in [2.45, 2.75) is 6.92 Å². The van der Waals surface area contributed by atoms with Crippen molar-refractivity contribution in [3.63, 3.8) is 0 Å². The second-order valence-corrected chi connectivity index (χ2v) is 7.37. The Bertz CT molecular complexity index is 1360. The maximum Gasteiger partial charge on any atom is 0.118 e. The highest BCUT2D eigenvalue weighted by Gasteiger charge is 2.25. The van der Waals surface area contributed by atoms with Crippen LogP contribution < -0.4 is 4.90 Å². The van der Waals surface area contributed by atoms with Crippen LogP contribution in [0.15, 0.2) is 91.0 Å². The molecule has 6 rings (SSSR count). The Hall–Kier alpha value is -3.52. The molecule has 2 heteroatoms. The van der Waals surface area contributed by atoms with Gasteiger partial charge in [0.2, 0.25) is 0 Å². The standard InChI is InChI=1S/C26H20N2/c1-2-27-24-14-8-6-12-21(24)22-15-18-9-3-4-10-19(18)16-25(22)28-23-13-7-5-11-20(23)17-26(27)28/h3-17H,2H2,1H3. The molecule has 0 fully saturated rings. The van der Waals surface area contributed by atoms with Crippen molar-refractivity contribution in [2.24, 2.45) is 0 Å². The van der Waals surface area contributed by atoms with Gasteiger partial charge in [-0.2, -0.15) is 0 Å². The highest BCUT2D eigenvalue weighted by atomic mass is 15.3. The van der Waals surface area contributed by atoms with Gasteiger partial charge in [-0.25, -0.2) is 0 Å². The smallest absolute Gasteiger partial charge is 0.118 e. The molecule has 0 radical (unpaired) electrons. The van der Waals surface area contributed by atoms with Gasteiger partial charge in [-0.1, -0.05) is 60.7 Å². The molecule has 2 heterocycles. The minimum absolute atomic E-state index is 0.918. The quantitative estimate of drug-likeness (QED) is 0.315. The van der Waals surface area contributed by atoms with Gasteiger partial charge in [-0.3, -0.25) is 4.57 Å². The van der Waals surface area contributed by atoms with Gasteiger partial charge in [0.1, 0.15) is 5.82 Å². The van der Waals surface area contributed by atoms with E-state index in [1.54, 1.807) is 0 Å². The van der Waals surface area contributed by atoms with Crippen LogP contribution in [0.5, 0.6) is 0 Å². The van der Waals surface area contributed by atoms with Crippen LogP contribution in [0.25, 0.3) is 38.5 Å². The van der Waals surface area contributed by atoms with Crippen LogP contribution in [0.4, 0.5) is 11.5 Å². The van der Waals surface area contributed by atoms with Crippen molar-refractivity contribution in [3.05, 3.63) is 91.0 Å². The highest BCUT2D eigenvalue weighted by molar-refractivity contribution is 6.00. The maximum atomic E-state index is 2.43. The molecule has 134 valence electrons. The molecule has 2 nitrogen and oxygen atoms in total. The van der Waals surface area contributed by atoms with Crippen LogP contribution in [-0.2, 0) is 0 Å². The van der Waals surface area contributed by atoms with Crippen LogP contribution in [0.2, 0.25) is 0 Å². The molecule has 4 aromatic carbocycles. The molecular weight excluding hydrogens is 340 g/mol. The zero-order valence-corrected chi connectivity index (χ0v) is 15.8. The van der Waals surface area contributed by atoms with E-state index >= 15 is 0 Å². The summed E-state index contributed by atoms with van der Waals surface area (Å²) in [4.78, 5) is 2.43. The molecule has 0 amide bonds. The molecule has 1 aliphatic heterocycles. The van der Waals surface area contributed by atoms with Crippen molar-refractivity contribution in [1.82, 2.24) is 4.57 Å². The Morgan fingerprint density at radius 1 is 0.607 bits per heavy atom. The van der Waals surface area contributed by atoms with E-state index in [1.807, 2.05) is 0 Å². The summed E-state index contributed by atoms with van der Waals surface area (Å²) < 4.78 is 2.43. The maximum absolute atomic E-state index is 2.43. The third-order valence-corrected chi connectivity index (χ3v) is 5.87. The van der Waals surface area contributed by atoms with Crippen LogP contribution in [0, 0.1) is 0 Å². The first-order valence-electron chi connectivity index (χ1n) is 9.86. The number of rotatable bonds is 1. The number of benzene rings is 4. The van der Waals surface area contributed by atoms with E-state index in [0.29, 0.717) is 0 Å². The normalized spacial score (nSPS) is 12.5. The van der Waals surface area contributed by atoms with Crippen molar-refractivity contribution in [3.8, 4) is 16.8 Å². The number of nitrogens with zero attached hydrogens (tertiary/aromatic N) is 2. The molecule has 5 aromatic rings. The average Bonchev–Trinajstić information content (AvgIpc) is 3.08. The predicted octanol–water partition coefficient (Wildman–Crippen LogP) is 6.92. The first-order valence-corrected chi connectivity index (χ1v) is 9.86. The minimum atomic E-state index is 0.918. The molecule has 0 N–H and O–H groups in total. The Balaban J connectivity index is 1.84.